The average molecular weight is 301 g/mol. The molecule has 82 valence electrons. The highest BCUT2D eigenvalue weighted by molar-refractivity contribution is 9.10. The zero-order chi connectivity index (χ0) is 11.7. The van der Waals surface area contributed by atoms with E-state index in [1.54, 1.807) is 18.2 Å². The first-order chi connectivity index (χ1) is 7.59. The van der Waals surface area contributed by atoms with E-state index in [4.69, 9.17) is 5.11 Å². The molecule has 0 aliphatic carbocycles. The maximum absolute atomic E-state index is 13.7. The summed E-state index contributed by atoms with van der Waals surface area (Å²) in [6.45, 7) is 0. The van der Waals surface area contributed by atoms with E-state index in [1.165, 1.54) is 22.8 Å². The smallest absolute Gasteiger partial charge is 0.336 e. The molecule has 0 aliphatic rings. The summed E-state index contributed by atoms with van der Waals surface area (Å²) in [5.74, 6) is -1.38. The molecule has 16 heavy (non-hydrogen) atoms. The van der Waals surface area contributed by atoms with E-state index in [9.17, 15) is 9.18 Å². The molecule has 2 nitrogen and oxygen atoms in total. The Bertz CT molecular complexity index is 551. The molecule has 0 unspecified atom stereocenters. The fourth-order valence-electron chi connectivity index (χ4n) is 1.28. The standard InChI is InChI=1S/C11H6BrFO2S/c12-8-3-1-2-7(10(8)13)9-4-6(5-16-9)11(14)15/h1-5H,(H,14,15). The third-order valence-corrected chi connectivity index (χ3v) is 3.64. The van der Waals surface area contributed by atoms with E-state index >= 15 is 0 Å². The maximum Gasteiger partial charge on any atom is 0.336 e. The molecule has 0 radical (unpaired) electrons. The van der Waals surface area contributed by atoms with Gasteiger partial charge in [-0.05, 0) is 28.1 Å². The minimum absolute atomic E-state index is 0.180. The lowest BCUT2D eigenvalue weighted by atomic mass is 10.1. The number of carbonyl (C=O) groups is 1. The van der Waals surface area contributed by atoms with Gasteiger partial charge in [-0.1, -0.05) is 12.1 Å². The third kappa shape index (κ3) is 2.01. The number of halogens is 2. The molecule has 0 saturated carbocycles. The Hall–Kier alpha value is -1.20. The Balaban J connectivity index is 2.50. The van der Waals surface area contributed by atoms with E-state index in [2.05, 4.69) is 15.9 Å². The molecule has 0 spiro atoms. The lowest BCUT2D eigenvalue weighted by Crippen LogP contribution is -1.91. The number of thiophene rings is 1. The zero-order valence-corrected chi connectivity index (χ0v) is 10.3. The second-order valence-corrected chi connectivity index (χ2v) is 4.87. The number of carboxylic acids is 1. The van der Waals surface area contributed by atoms with Gasteiger partial charge in [0.05, 0.1) is 10.0 Å². The summed E-state index contributed by atoms with van der Waals surface area (Å²) < 4.78 is 14.1. The summed E-state index contributed by atoms with van der Waals surface area (Å²) >= 11 is 4.30. The summed E-state index contributed by atoms with van der Waals surface area (Å²) in [7, 11) is 0. The summed E-state index contributed by atoms with van der Waals surface area (Å²) in [6, 6.07) is 6.41. The van der Waals surface area contributed by atoms with E-state index < -0.39 is 5.97 Å². The molecule has 0 amide bonds. The number of benzene rings is 1. The van der Waals surface area contributed by atoms with Gasteiger partial charge in [-0.25, -0.2) is 9.18 Å². The van der Waals surface area contributed by atoms with Crippen molar-refractivity contribution in [3.8, 4) is 10.4 Å². The van der Waals surface area contributed by atoms with Gasteiger partial charge in [-0.2, -0.15) is 0 Å². The normalized spacial score (nSPS) is 10.4. The van der Waals surface area contributed by atoms with Gasteiger partial charge >= 0.3 is 5.97 Å². The summed E-state index contributed by atoms with van der Waals surface area (Å²) in [6.07, 6.45) is 0. The Kier molecular flexibility index (Phi) is 3.07. The minimum atomic E-state index is -1.00. The molecule has 1 aromatic heterocycles. The Morgan fingerprint density at radius 2 is 2.19 bits per heavy atom. The third-order valence-electron chi connectivity index (χ3n) is 2.06. The van der Waals surface area contributed by atoms with Crippen molar-refractivity contribution in [3.63, 3.8) is 0 Å². The first-order valence-electron chi connectivity index (χ1n) is 4.36. The molecule has 1 heterocycles. The fraction of sp³-hybridized carbons (Fsp3) is 0. The van der Waals surface area contributed by atoms with Gasteiger partial charge < -0.3 is 5.11 Å². The topological polar surface area (TPSA) is 37.3 Å². The first kappa shape index (κ1) is 11.3. The Morgan fingerprint density at radius 3 is 2.81 bits per heavy atom. The van der Waals surface area contributed by atoms with Crippen LogP contribution in [0.2, 0.25) is 0 Å². The number of rotatable bonds is 2. The Labute approximate surface area is 103 Å². The average Bonchev–Trinajstić information content (AvgIpc) is 2.71. The van der Waals surface area contributed by atoms with Gasteiger partial charge in [0, 0.05) is 15.8 Å². The van der Waals surface area contributed by atoms with Gasteiger partial charge in [0.25, 0.3) is 0 Å². The highest BCUT2D eigenvalue weighted by Gasteiger charge is 2.12. The highest BCUT2D eigenvalue weighted by atomic mass is 79.9. The maximum atomic E-state index is 13.7. The van der Waals surface area contributed by atoms with Crippen molar-refractivity contribution in [1.82, 2.24) is 0 Å². The molecule has 2 rings (SSSR count). The van der Waals surface area contributed by atoms with Gasteiger partial charge in [-0.15, -0.1) is 11.3 Å². The summed E-state index contributed by atoms with van der Waals surface area (Å²) in [5.41, 5.74) is 0.589. The molecule has 1 N–H and O–H groups in total. The Morgan fingerprint density at radius 1 is 1.44 bits per heavy atom. The van der Waals surface area contributed by atoms with Crippen LogP contribution in [0.4, 0.5) is 4.39 Å². The van der Waals surface area contributed by atoms with Gasteiger partial charge in [0.15, 0.2) is 0 Å². The molecular formula is C11H6BrFO2S. The van der Waals surface area contributed by atoms with Crippen molar-refractivity contribution in [2.45, 2.75) is 0 Å². The fourth-order valence-corrected chi connectivity index (χ4v) is 2.55. The number of carboxylic acid groups (broad SMARTS) is 1. The van der Waals surface area contributed by atoms with Crippen molar-refractivity contribution < 1.29 is 14.3 Å². The zero-order valence-electron chi connectivity index (χ0n) is 7.91. The molecule has 0 saturated heterocycles. The van der Waals surface area contributed by atoms with Crippen LogP contribution >= 0.6 is 27.3 Å². The summed E-state index contributed by atoms with van der Waals surface area (Å²) in [4.78, 5) is 11.3. The van der Waals surface area contributed by atoms with E-state index in [-0.39, 0.29) is 11.4 Å². The van der Waals surface area contributed by atoms with E-state index in [0.29, 0.717) is 14.9 Å². The van der Waals surface area contributed by atoms with Crippen LogP contribution < -0.4 is 0 Å². The molecule has 5 heteroatoms. The quantitative estimate of drug-likeness (QED) is 0.910. The second-order valence-electron chi connectivity index (χ2n) is 3.11. The van der Waals surface area contributed by atoms with Crippen LogP contribution in [-0.4, -0.2) is 11.1 Å². The van der Waals surface area contributed by atoms with Crippen LogP contribution in [0, 0.1) is 5.82 Å². The lowest BCUT2D eigenvalue weighted by Gasteiger charge is -2.00. The minimum Gasteiger partial charge on any atom is -0.478 e. The highest BCUT2D eigenvalue weighted by Crippen LogP contribution is 2.32. The van der Waals surface area contributed by atoms with Gasteiger partial charge in [0.1, 0.15) is 5.82 Å². The van der Waals surface area contributed by atoms with Crippen molar-refractivity contribution >= 4 is 33.2 Å². The monoisotopic (exact) mass is 300 g/mol. The van der Waals surface area contributed by atoms with Crippen molar-refractivity contribution in [2.75, 3.05) is 0 Å². The molecule has 0 bridgehead atoms. The van der Waals surface area contributed by atoms with Crippen LogP contribution in [0.1, 0.15) is 10.4 Å². The van der Waals surface area contributed by atoms with Crippen LogP contribution in [-0.2, 0) is 0 Å². The largest absolute Gasteiger partial charge is 0.478 e. The summed E-state index contributed by atoms with van der Waals surface area (Å²) in [5, 5.41) is 10.3. The molecule has 2 aromatic rings. The molecule has 0 aliphatic heterocycles. The van der Waals surface area contributed by atoms with Gasteiger partial charge in [-0.3, -0.25) is 0 Å². The molecule has 0 fully saturated rings. The SMILES string of the molecule is O=C(O)c1csc(-c2cccc(Br)c2F)c1. The second kappa shape index (κ2) is 4.35. The van der Waals surface area contributed by atoms with Crippen LogP contribution in [0.25, 0.3) is 10.4 Å². The lowest BCUT2D eigenvalue weighted by molar-refractivity contribution is 0.0697. The first-order valence-corrected chi connectivity index (χ1v) is 6.03. The number of hydrogen-bond donors (Lipinski definition) is 1. The van der Waals surface area contributed by atoms with Crippen molar-refractivity contribution in [2.24, 2.45) is 0 Å². The predicted octanol–water partition coefficient (Wildman–Crippen LogP) is 4.01. The van der Waals surface area contributed by atoms with E-state index in [0.717, 1.165) is 0 Å². The number of hydrogen-bond acceptors (Lipinski definition) is 2. The van der Waals surface area contributed by atoms with Crippen LogP contribution in [0.3, 0.4) is 0 Å². The van der Waals surface area contributed by atoms with Crippen LogP contribution in [0.5, 0.6) is 0 Å². The number of aromatic carboxylic acids is 1. The molecule has 0 atom stereocenters. The van der Waals surface area contributed by atoms with Crippen molar-refractivity contribution in [3.05, 3.63) is 45.5 Å². The predicted molar refractivity (Wildman–Crippen MR) is 64.4 cm³/mol. The molecular weight excluding hydrogens is 295 g/mol. The van der Waals surface area contributed by atoms with Gasteiger partial charge in [0.2, 0.25) is 0 Å². The molecule has 1 aromatic carbocycles. The van der Waals surface area contributed by atoms with Crippen molar-refractivity contribution in [1.29, 1.82) is 0 Å². The van der Waals surface area contributed by atoms with Crippen LogP contribution in [0.15, 0.2) is 34.1 Å². The van der Waals surface area contributed by atoms with E-state index in [1.807, 2.05) is 0 Å².